The van der Waals surface area contributed by atoms with E-state index in [0.29, 0.717) is 5.92 Å². The molecule has 2 aliphatic heterocycles. The molecule has 92 valence electrons. The zero-order valence-electron chi connectivity index (χ0n) is 9.82. The second-order valence-corrected chi connectivity index (χ2v) is 4.95. The Bertz CT molecular complexity index is 237. The monoisotopic (exact) mass is 226 g/mol. The first-order valence-electron chi connectivity index (χ1n) is 6.44. The van der Waals surface area contributed by atoms with E-state index >= 15 is 0 Å². The van der Waals surface area contributed by atoms with Gasteiger partial charge in [-0.15, -0.1) is 0 Å². The molecule has 0 aromatic heterocycles. The van der Waals surface area contributed by atoms with Crippen molar-refractivity contribution in [3.8, 4) is 0 Å². The first-order chi connectivity index (χ1) is 7.81. The Morgan fingerprint density at radius 3 is 2.94 bits per heavy atom. The molecule has 2 saturated heterocycles. The number of nitrogens with zero attached hydrogens (tertiary/aromatic N) is 1. The van der Waals surface area contributed by atoms with Crippen LogP contribution >= 0.6 is 0 Å². The molecular formula is C12H22N2O2. The smallest absolute Gasteiger partial charge is 0.239 e. The Morgan fingerprint density at radius 1 is 1.38 bits per heavy atom. The molecule has 2 aliphatic rings. The van der Waals surface area contributed by atoms with Crippen LogP contribution < -0.4 is 5.32 Å². The Morgan fingerprint density at radius 2 is 2.25 bits per heavy atom. The maximum atomic E-state index is 12.2. The van der Waals surface area contributed by atoms with Crippen molar-refractivity contribution in [2.24, 2.45) is 5.92 Å². The van der Waals surface area contributed by atoms with Crippen LogP contribution in [0.3, 0.4) is 0 Å². The summed E-state index contributed by atoms with van der Waals surface area (Å²) in [6.45, 7) is 2.97. The van der Waals surface area contributed by atoms with Crippen molar-refractivity contribution < 1.29 is 9.90 Å². The van der Waals surface area contributed by atoms with Crippen molar-refractivity contribution in [1.29, 1.82) is 0 Å². The number of rotatable bonds is 3. The minimum atomic E-state index is 0.0628. The van der Waals surface area contributed by atoms with Crippen LogP contribution in [0.4, 0.5) is 0 Å². The molecule has 2 fully saturated rings. The molecule has 0 spiro atoms. The third-order valence-corrected chi connectivity index (χ3v) is 3.73. The number of likely N-dealkylation sites (tertiary alicyclic amines) is 1. The summed E-state index contributed by atoms with van der Waals surface area (Å²) in [7, 11) is 0. The molecule has 0 aromatic rings. The predicted octanol–water partition coefficient (Wildman–Crippen LogP) is 0.359. The molecule has 2 heterocycles. The number of amides is 1. The van der Waals surface area contributed by atoms with Crippen LogP contribution in [0.2, 0.25) is 0 Å². The van der Waals surface area contributed by atoms with E-state index in [0.717, 1.165) is 51.7 Å². The summed E-state index contributed by atoms with van der Waals surface area (Å²) in [5.41, 5.74) is 0. The SMILES string of the molecule is O=C([C@@H]1CCCN1)N1CCCC(CCO)C1. The van der Waals surface area contributed by atoms with E-state index in [2.05, 4.69) is 5.32 Å². The summed E-state index contributed by atoms with van der Waals surface area (Å²) in [4.78, 5) is 14.1. The number of piperidine rings is 1. The Hall–Kier alpha value is -0.610. The van der Waals surface area contributed by atoms with Crippen LogP contribution in [0, 0.1) is 5.92 Å². The van der Waals surface area contributed by atoms with Crippen LogP contribution in [0.5, 0.6) is 0 Å². The third-order valence-electron chi connectivity index (χ3n) is 3.73. The standard InChI is InChI=1S/C12H22N2O2/c15-8-5-10-3-2-7-14(9-10)12(16)11-4-1-6-13-11/h10-11,13,15H,1-9H2/t10?,11-/m0/s1. The fraction of sp³-hybridized carbons (Fsp3) is 0.917. The highest BCUT2D eigenvalue weighted by atomic mass is 16.3. The summed E-state index contributed by atoms with van der Waals surface area (Å²) in [5, 5.41) is 12.2. The molecule has 0 aromatic carbocycles. The fourth-order valence-corrected chi connectivity index (χ4v) is 2.80. The zero-order chi connectivity index (χ0) is 11.4. The summed E-state index contributed by atoms with van der Waals surface area (Å²) < 4.78 is 0. The minimum absolute atomic E-state index is 0.0628. The number of aliphatic hydroxyl groups excluding tert-OH is 1. The van der Waals surface area contributed by atoms with E-state index in [-0.39, 0.29) is 18.6 Å². The largest absolute Gasteiger partial charge is 0.396 e. The van der Waals surface area contributed by atoms with Crippen molar-refractivity contribution >= 4 is 5.91 Å². The topological polar surface area (TPSA) is 52.6 Å². The second kappa shape index (κ2) is 5.64. The van der Waals surface area contributed by atoms with Gasteiger partial charge in [0.25, 0.3) is 0 Å². The quantitative estimate of drug-likeness (QED) is 0.730. The van der Waals surface area contributed by atoms with Gasteiger partial charge in [0.05, 0.1) is 6.04 Å². The van der Waals surface area contributed by atoms with Gasteiger partial charge in [0.15, 0.2) is 0 Å². The van der Waals surface area contributed by atoms with Gasteiger partial charge in [0, 0.05) is 19.7 Å². The molecule has 0 saturated carbocycles. The van der Waals surface area contributed by atoms with Crippen LogP contribution in [-0.2, 0) is 4.79 Å². The Balaban J connectivity index is 1.85. The van der Waals surface area contributed by atoms with E-state index in [1.807, 2.05) is 4.90 Å². The number of aliphatic hydroxyl groups is 1. The number of carbonyl (C=O) groups excluding carboxylic acids is 1. The highest BCUT2D eigenvalue weighted by Gasteiger charge is 2.29. The average Bonchev–Trinajstić information content (AvgIpc) is 2.82. The van der Waals surface area contributed by atoms with Crippen molar-refractivity contribution in [3.63, 3.8) is 0 Å². The molecule has 1 amide bonds. The first kappa shape index (κ1) is 11.9. The molecule has 2 N–H and O–H groups in total. The van der Waals surface area contributed by atoms with Crippen LogP contribution in [0.15, 0.2) is 0 Å². The van der Waals surface area contributed by atoms with Gasteiger partial charge < -0.3 is 15.3 Å². The molecule has 16 heavy (non-hydrogen) atoms. The Labute approximate surface area is 97.0 Å². The molecule has 0 aliphatic carbocycles. The maximum absolute atomic E-state index is 12.2. The van der Waals surface area contributed by atoms with Gasteiger partial charge in [-0.25, -0.2) is 0 Å². The molecular weight excluding hydrogens is 204 g/mol. The molecule has 0 radical (unpaired) electrons. The van der Waals surface area contributed by atoms with Crippen molar-refractivity contribution in [3.05, 3.63) is 0 Å². The van der Waals surface area contributed by atoms with Gasteiger partial charge in [-0.05, 0) is 44.6 Å². The van der Waals surface area contributed by atoms with Gasteiger partial charge in [-0.1, -0.05) is 0 Å². The molecule has 4 heteroatoms. The molecule has 2 atom stereocenters. The highest BCUT2D eigenvalue weighted by Crippen LogP contribution is 2.21. The summed E-state index contributed by atoms with van der Waals surface area (Å²) >= 11 is 0. The van der Waals surface area contributed by atoms with Gasteiger partial charge in [0.2, 0.25) is 5.91 Å². The molecule has 1 unspecified atom stereocenters. The summed E-state index contributed by atoms with van der Waals surface area (Å²) in [6.07, 6.45) is 5.18. The zero-order valence-corrected chi connectivity index (χ0v) is 9.82. The highest BCUT2D eigenvalue weighted by molar-refractivity contribution is 5.82. The summed E-state index contributed by atoms with van der Waals surface area (Å²) in [6, 6.07) is 0.0628. The van der Waals surface area contributed by atoms with E-state index < -0.39 is 0 Å². The van der Waals surface area contributed by atoms with Gasteiger partial charge in [-0.3, -0.25) is 4.79 Å². The van der Waals surface area contributed by atoms with Crippen LogP contribution in [-0.4, -0.2) is 48.2 Å². The molecule has 4 nitrogen and oxygen atoms in total. The summed E-state index contributed by atoms with van der Waals surface area (Å²) in [5.74, 6) is 0.782. The van der Waals surface area contributed by atoms with Crippen molar-refractivity contribution in [1.82, 2.24) is 10.2 Å². The van der Waals surface area contributed by atoms with Crippen molar-refractivity contribution in [2.45, 2.75) is 38.1 Å². The predicted molar refractivity (Wildman–Crippen MR) is 62.0 cm³/mol. The van der Waals surface area contributed by atoms with Crippen LogP contribution in [0.25, 0.3) is 0 Å². The molecule has 0 bridgehead atoms. The van der Waals surface area contributed by atoms with E-state index in [4.69, 9.17) is 5.11 Å². The van der Waals surface area contributed by atoms with Crippen molar-refractivity contribution in [2.75, 3.05) is 26.2 Å². The van der Waals surface area contributed by atoms with Gasteiger partial charge in [-0.2, -0.15) is 0 Å². The average molecular weight is 226 g/mol. The number of hydrogen-bond donors (Lipinski definition) is 2. The lowest BCUT2D eigenvalue weighted by atomic mass is 9.94. The van der Waals surface area contributed by atoms with Gasteiger partial charge >= 0.3 is 0 Å². The fourth-order valence-electron chi connectivity index (χ4n) is 2.80. The minimum Gasteiger partial charge on any atom is -0.396 e. The lowest BCUT2D eigenvalue weighted by Gasteiger charge is -2.34. The number of nitrogens with one attached hydrogen (secondary N) is 1. The third kappa shape index (κ3) is 2.74. The normalized spacial score (nSPS) is 30.7. The second-order valence-electron chi connectivity index (χ2n) is 4.95. The maximum Gasteiger partial charge on any atom is 0.239 e. The number of hydrogen-bond acceptors (Lipinski definition) is 3. The van der Waals surface area contributed by atoms with Crippen LogP contribution in [0.1, 0.15) is 32.1 Å². The first-order valence-corrected chi connectivity index (χ1v) is 6.44. The van der Waals surface area contributed by atoms with E-state index in [9.17, 15) is 4.79 Å². The Kier molecular flexibility index (Phi) is 4.18. The van der Waals surface area contributed by atoms with E-state index in [1.54, 1.807) is 0 Å². The van der Waals surface area contributed by atoms with Gasteiger partial charge in [0.1, 0.15) is 0 Å². The lowest BCUT2D eigenvalue weighted by Crippen LogP contribution is -2.47. The number of carbonyl (C=O) groups is 1. The van der Waals surface area contributed by atoms with E-state index in [1.165, 1.54) is 0 Å². The molecule has 2 rings (SSSR count). The lowest BCUT2D eigenvalue weighted by molar-refractivity contribution is -0.135.